The zero-order chi connectivity index (χ0) is 18.0. The fourth-order valence-electron chi connectivity index (χ4n) is 3.42. The zero-order valence-corrected chi connectivity index (χ0v) is 14.9. The monoisotopic (exact) mass is 377 g/mol. The van der Waals surface area contributed by atoms with Crippen LogP contribution < -0.4 is 0 Å². The lowest BCUT2D eigenvalue weighted by Crippen LogP contribution is -2.29. The number of likely N-dealkylation sites (tertiary alicyclic amines) is 1. The second-order valence-corrected chi connectivity index (χ2v) is 6.96. The Hall–Kier alpha value is -2.04. The molecule has 4 nitrogen and oxygen atoms in total. The van der Waals surface area contributed by atoms with Gasteiger partial charge in [0, 0.05) is 34.5 Å². The third-order valence-corrected chi connectivity index (χ3v) is 5.13. The van der Waals surface area contributed by atoms with E-state index in [2.05, 4.69) is 0 Å². The Morgan fingerprint density at radius 2 is 1.72 bits per heavy atom. The van der Waals surface area contributed by atoms with Crippen LogP contribution in [0.1, 0.15) is 30.0 Å². The van der Waals surface area contributed by atoms with Gasteiger partial charge >= 0.3 is 5.97 Å². The van der Waals surface area contributed by atoms with E-state index in [1.54, 1.807) is 23.1 Å². The van der Waals surface area contributed by atoms with E-state index in [-0.39, 0.29) is 24.7 Å². The van der Waals surface area contributed by atoms with Gasteiger partial charge in [-0.25, -0.2) is 0 Å². The van der Waals surface area contributed by atoms with Gasteiger partial charge in [-0.15, -0.1) is 0 Å². The third kappa shape index (κ3) is 3.80. The molecule has 1 aliphatic rings. The Labute approximate surface area is 156 Å². The molecule has 2 atom stereocenters. The third-order valence-electron chi connectivity index (χ3n) is 4.47. The van der Waals surface area contributed by atoms with E-state index in [0.717, 1.165) is 5.56 Å². The summed E-state index contributed by atoms with van der Waals surface area (Å²) in [6.45, 7) is 0.391. The molecule has 6 heteroatoms. The second kappa shape index (κ2) is 7.46. The molecule has 0 bridgehead atoms. The van der Waals surface area contributed by atoms with Crippen molar-refractivity contribution in [3.63, 3.8) is 0 Å². The summed E-state index contributed by atoms with van der Waals surface area (Å²) in [6, 6.07) is 14.3. The number of rotatable bonds is 5. The molecule has 0 radical (unpaired) electrons. The van der Waals surface area contributed by atoms with Gasteiger partial charge in [-0.1, -0.05) is 59.6 Å². The number of amides is 1. The van der Waals surface area contributed by atoms with Gasteiger partial charge in [0.05, 0.1) is 12.5 Å². The Bertz CT molecular complexity index is 774. The SMILES string of the molecule is O=C(O)CC1CC(=O)N(Cc2ccccc2)C1c1c(Cl)cccc1Cl. The van der Waals surface area contributed by atoms with Gasteiger partial charge in [0.25, 0.3) is 0 Å². The lowest BCUT2D eigenvalue weighted by atomic mass is 9.90. The van der Waals surface area contributed by atoms with Gasteiger partial charge in [-0.2, -0.15) is 0 Å². The molecular formula is C19H17Cl2NO3. The number of carbonyl (C=O) groups is 2. The van der Waals surface area contributed by atoms with Crippen LogP contribution in [0.5, 0.6) is 0 Å². The predicted octanol–water partition coefficient (Wildman–Crippen LogP) is 4.56. The van der Waals surface area contributed by atoms with Gasteiger partial charge in [0.1, 0.15) is 0 Å². The Morgan fingerprint density at radius 1 is 1.08 bits per heavy atom. The molecule has 0 spiro atoms. The maximum Gasteiger partial charge on any atom is 0.303 e. The average molecular weight is 378 g/mol. The number of benzene rings is 2. The van der Waals surface area contributed by atoms with E-state index >= 15 is 0 Å². The molecule has 130 valence electrons. The molecular weight excluding hydrogens is 361 g/mol. The number of hydrogen-bond acceptors (Lipinski definition) is 2. The lowest BCUT2D eigenvalue weighted by Gasteiger charge is -2.30. The predicted molar refractivity (Wildman–Crippen MR) is 96.6 cm³/mol. The lowest BCUT2D eigenvalue weighted by molar-refractivity contribution is -0.138. The molecule has 1 fully saturated rings. The summed E-state index contributed by atoms with van der Waals surface area (Å²) in [6.07, 6.45) is 0.0641. The Kier molecular flexibility index (Phi) is 5.30. The maximum atomic E-state index is 12.6. The van der Waals surface area contributed by atoms with Crippen molar-refractivity contribution in [2.75, 3.05) is 0 Å². The average Bonchev–Trinajstić information content (AvgIpc) is 2.84. The molecule has 1 amide bonds. The van der Waals surface area contributed by atoms with Crippen LogP contribution in [0.25, 0.3) is 0 Å². The van der Waals surface area contributed by atoms with Crippen molar-refractivity contribution >= 4 is 35.1 Å². The second-order valence-electron chi connectivity index (χ2n) is 6.15. The molecule has 0 aromatic heterocycles. The van der Waals surface area contributed by atoms with Crippen LogP contribution >= 0.6 is 23.2 Å². The number of nitrogens with zero attached hydrogens (tertiary/aromatic N) is 1. The smallest absolute Gasteiger partial charge is 0.303 e. The summed E-state index contributed by atoms with van der Waals surface area (Å²) in [5, 5.41) is 10.1. The minimum absolute atomic E-state index is 0.0870. The quantitative estimate of drug-likeness (QED) is 0.830. The number of hydrogen-bond donors (Lipinski definition) is 1. The zero-order valence-electron chi connectivity index (χ0n) is 13.4. The van der Waals surface area contributed by atoms with Crippen molar-refractivity contribution in [1.29, 1.82) is 0 Å². The minimum Gasteiger partial charge on any atom is -0.481 e. The van der Waals surface area contributed by atoms with Crippen LogP contribution in [0.15, 0.2) is 48.5 Å². The highest BCUT2D eigenvalue weighted by molar-refractivity contribution is 6.36. The molecule has 2 unspecified atom stereocenters. The van der Waals surface area contributed by atoms with Crippen LogP contribution in [0.3, 0.4) is 0 Å². The van der Waals surface area contributed by atoms with Crippen LogP contribution in [0.2, 0.25) is 10.0 Å². The molecule has 1 saturated heterocycles. The van der Waals surface area contributed by atoms with Crippen LogP contribution in [0, 0.1) is 5.92 Å². The van der Waals surface area contributed by atoms with Gasteiger partial charge in [0.2, 0.25) is 5.91 Å². The highest BCUT2D eigenvalue weighted by Crippen LogP contribution is 2.45. The topological polar surface area (TPSA) is 57.6 Å². The van der Waals surface area contributed by atoms with Crippen molar-refractivity contribution in [2.45, 2.75) is 25.4 Å². The standard InChI is InChI=1S/C19H17Cl2NO3/c20-14-7-4-8-15(21)18(14)19-13(10-17(24)25)9-16(23)22(19)11-12-5-2-1-3-6-12/h1-8,13,19H,9-11H2,(H,24,25). The molecule has 0 aliphatic carbocycles. The van der Waals surface area contributed by atoms with Crippen molar-refractivity contribution in [3.8, 4) is 0 Å². The first-order valence-electron chi connectivity index (χ1n) is 7.96. The van der Waals surface area contributed by atoms with E-state index in [4.69, 9.17) is 23.2 Å². The molecule has 1 N–H and O–H groups in total. The van der Waals surface area contributed by atoms with Crippen LogP contribution in [-0.2, 0) is 16.1 Å². The summed E-state index contributed by atoms with van der Waals surface area (Å²) in [5.74, 6) is -1.39. The summed E-state index contributed by atoms with van der Waals surface area (Å²) in [4.78, 5) is 25.6. The van der Waals surface area contributed by atoms with Crippen LogP contribution in [0.4, 0.5) is 0 Å². The highest BCUT2D eigenvalue weighted by atomic mass is 35.5. The van der Waals surface area contributed by atoms with Crippen molar-refractivity contribution in [2.24, 2.45) is 5.92 Å². The number of carboxylic acid groups (broad SMARTS) is 1. The van der Waals surface area contributed by atoms with Crippen molar-refractivity contribution < 1.29 is 14.7 Å². The van der Waals surface area contributed by atoms with E-state index in [1.807, 2.05) is 30.3 Å². The molecule has 25 heavy (non-hydrogen) atoms. The number of carboxylic acids is 1. The normalized spacial score (nSPS) is 20.1. The van der Waals surface area contributed by atoms with Gasteiger partial charge in [-0.3, -0.25) is 9.59 Å². The summed E-state index contributed by atoms with van der Waals surface area (Å²) < 4.78 is 0. The number of halogens is 2. The summed E-state index contributed by atoms with van der Waals surface area (Å²) in [5.41, 5.74) is 1.60. The first-order valence-corrected chi connectivity index (χ1v) is 8.72. The first-order chi connectivity index (χ1) is 12.0. The maximum absolute atomic E-state index is 12.6. The Balaban J connectivity index is 2.02. The minimum atomic E-state index is -0.937. The van der Waals surface area contributed by atoms with E-state index < -0.39 is 12.0 Å². The molecule has 2 aromatic rings. The molecule has 1 heterocycles. The van der Waals surface area contributed by atoms with E-state index in [0.29, 0.717) is 22.2 Å². The number of aliphatic carboxylic acids is 1. The number of carbonyl (C=O) groups excluding carboxylic acids is 1. The van der Waals surface area contributed by atoms with Crippen molar-refractivity contribution in [3.05, 3.63) is 69.7 Å². The summed E-state index contributed by atoms with van der Waals surface area (Å²) >= 11 is 12.7. The molecule has 3 rings (SSSR count). The molecule has 0 saturated carbocycles. The van der Waals surface area contributed by atoms with Gasteiger partial charge in [-0.05, 0) is 17.7 Å². The highest BCUT2D eigenvalue weighted by Gasteiger charge is 2.43. The van der Waals surface area contributed by atoms with Crippen LogP contribution in [-0.4, -0.2) is 21.9 Å². The molecule has 1 aliphatic heterocycles. The first kappa shape index (κ1) is 17.8. The van der Waals surface area contributed by atoms with Crippen molar-refractivity contribution in [1.82, 2.24) is 4.90 Å². The fraction of sp³-hybridized carbons (Fsp3) is 0.263. The fourth-order valence-corrected chi connectivity index (χ4v) is 4.04. The van der Waals surface area contributed by atoms with Gasteiger partial charge < -0.3 is 10.0 Å². The summed E-state index contributed by atoms with van der Waals surface area (Å²) in [7, 11) is 0. The van der Waals surface area contributed by atoms with E-state index in [9.17, 15) is 14.7 Å². The molecule has 2 aromatic carbocycles. The van der Waals surface area contributed by atoms with E-state index in [1.165, 1.54) is 0 Å². The Morgan fingerprint density at radius 3 is 2.32 bits per heavy atom. The van der Waals surface area contributed by atoms with Gasteiger partial charge in [0.15, 0.2) is 0 Å². The largest absolute Gasteiger partial charge is 0.481 e.